The van der Waals surface area contributed by atoms with E-state index in [9.17, 15) is 4.79 Å². The van der Waals surface area contributed by atoms with Crippen LogP contribution < -0.4 is 5.32 Å². The van der Waals surface area contributed by atoms with Crippen molar-refractivity contribution in [3.63, 3.8) is 0 Å². The second-order valence-electron chi connectivity index (χ2n) is 3.38. The third-order valence-corrected chi connectivity index (χ3v) is 2.76. The number of hydrogen-bond donors (Lipinski definition) is 1. The maximum Gasteiger partial charge on any atom is 0.220 e. The molecule has 2 nitrogen and oxygen atoms in total. The molecule has 1 amide bonds. The van der Waals surface area contributed by atoms with E-state index in [-0.39, 0.29) is 5.91 Å². The summed E-state index contributed by atoms with van der Waals surface area (Å²) in [5.41, 5.74) is 0.854. The lowest BCUT2D eigenvalue weighted by Gasteiger charge is -1.98. The first kappa shape index (κ1) is 14.1. The Balaban J connectivity index is 2.34. The second-order valence-corrected chi connectivity index (χ2v) is 4.61. The van der Waals surface area contributed by atoms with Gasteiger partial charge >= 0.3 is 0 Å². The van der Waals surface area contributed by atoms with Crippen molar-refractivity contribution in [2.24, 2.45) is 0 Å². The molecule has 0 unspecified atom stereocenters. The SMILES string of the molecule is O=C(CCCBr)NCC#Cc1cccc(Cl)c1. The normalized spacial score (nSPS) is 9.29. The van der Waals surface area contributed by atoms with Crippen molar-refractivity contribution in [1.29, 1.82) is 0 Å². The Morgan fingerprint density at radius 3 is 3.00 bits per heavy atom. The van der Waals surface area contributed by atoms with Gasteiger partial charge < -0.3 is 5.32 Å². The number of carbonyl (C=O) groups is 1. The largest absolute Gasteiger partial charge is 0.345 e. The zero-order valence-electron chi connectivity index (χ0n) is 9.30. The Morgan fingerprint density at radius 2 is 2.29 bits per heavy atom. The topological polar surface area (TPSA) is 29.1 Å². The molecule has 0 bridgehead atoms. The highest BCUT2D eigenvalue weighted by molar-refractivity contribution is 9.09. The third-order valence-electron chi connectivity index (χ3n) is 1.97. The molecule has 0 aliphatic carbocycles. The summed E-state index contributed by atoms with van der Waals surface area (Å²) < 4.78 is 0. The Kier molecular flexibility index (Phi) is 6.76. The predicted molar refractivity (Wildman–Crippen MR) is 74.4 cm³/mol. The molecule has 17 heavy (non-hydrogen) atoms. The molecule has 1 aromatic carbocycles. The highest BCUT2D eigenvalue weighted by Gasteiger charge is 1.97. The van der Waals surface area contributed by atoms with Crippen LogP contribution in [0, 0.1) is 11.8 Å². The van der Waals surface area contributed by atoms with Gasteiger partial charge in [0.05, 0.1) is 6.54 Å². The lowest BCUT2D eigenvalue weighted by molar-refractivity contribution is -0.120. The van der Waals surface area contributed by atoms with Crippen molar-refractivity contribution >= 4 is 33.4 Å². The number of nitrogens with one attached hydrogen (secondary N) is 1. The van der Waals surface area contributed by atoms with Gasteiger partial charge in [-0.3, -0.25) is 4.79 Å². The molecule has 90 valence electrons. The fourth-order valence-corrected chi connectivity index (χ4v) is 1.64. The summed E-state index contributed by atoms with van der Waals surface area (Å²) in [7, 11) is 0. The molecular weight excluding hydrogens is 302 g/mol. The molecule has 0 heterocycles. The van der Waals surface area contributed by atoms with Crippen LogP contribution in [0.1, 0.15) is 18.4 Å². The minimum atomic E-state index is 0.0323. The Labute approximate surface area is 115 Å². The minimum absolute atomic E-state index is 0.0323. The lowest BCUT2D eigenvalue weighted by Crippen LogP contribution is -2.23. The van der Waals surface area contributed by atoms with Crippen LogP contribution in [0.25, 0.3) is 0 Å². The highest BCUT2D eigenvalue weighted by Crippen LogP contribution is 2.09. The number of alkyl halides is 1. The molecule has 4 heteroatoms. The van der Waals surface area contributed by atoms with Gasteiger partial charge in [-0.15, -0.1) is 0 Å². The number of halogens is 2. The monoisotopic (exact) mass is 313 g/mol. The van der Waals surface area contributed by atoms with Crippen LogP contribution in [0.15, 0.2) is 24.3 Å². The van der Waals surface area contributed by atoms with Gasteiger partial charge in [-0.05, 0) is 24.6 Å². The Morgan fingerprint density at radius 1 is 1.47 bits per heavy atom. The zero-order valence-corrected chi connectivity index (χ0v) is 11.6. The van der Waals surface area contributed by atoms with E-state index in [0.717, 1.165) is 17.3 Å². The van der Waals surface area contributed by atoms with E-state index < -0.39 is 0 Å². The summed E-state index contributed by atoms with van der Waals surface area (Å²) in [6.07, 6.45) is 1.37. The Hall–Kier alpha value is -0.980. The molecular formula is C13H13BrClNO. The first-order chi connectivity index (χ1) is 8.22. The van der Waals surface area contributed by atoms with Crippen molar-refractivity contribution in [3.8, 4) is 11.8 Å². The molecule has 1 N–H and O–H groups in total. The first-order valence-corrected chi connectivity index (χ1v) is 6.79. The molecule has 0 saturated carbocycles. The molecule has 0 aliphatic heterocycles. The maximum absolute atomic E-state index is 11.2. The zero-order chi connectivity index (χ0) is 12.5. The van der Waals surface area contributed by atoms with Gasteiger partial charge in [0.25, 0.3) is 0 Å². The van der Waals surface area contributed by atoms with E-state index in [4.69, 9.17) is 11.6 Å². The van der Waals surface area contributed by atoms with Crippen LogP contribution >= 0.6 is 27.5 Å². The highest BCUT2D eigenvalue weighted by atomic mass is 79.9. The number of amides is 1. The van der Waals surface area contributed by atoms with Gasteiger partial charge in [-0.2, -0.15) is 0 Å². The molecule has 0 aromatic heterocycles. The third kappa shape index (κ3) is 6.35. The molecule has 0 aliphatic rings. The quantitative estimate of drug-likeness (QED) is 0.672. The average molecular weight is 315 g/mol. The van der Waals surface area contributed by atoms with E-state index in [2.05, 4.69) is 33.1 Å². The maximum atomic E-state index is 11.2. The fraction of sp³-hybridized carbons (Fsp3) is 0.308. The van der Waals surface area contributed by atoms with Crippen LogP contribution in [0.3, 0.4) is 0 Å². The van der Waals surface area contributed by atoms with E-state index in [1.54, 1.807) is 12.1 Å². The molecule has 0 radical (unpaired) electrons. The molecule has 0 spiro atoms. The number of rotatable bonds is 4. The van der Waals surface area contributed by atoms with E-state index in [1.807, 2.05) is 12.1 Å². The van der Waals surface area contributed by atoms with Crippen molar-refractivity contribution in [1.82, 2.24) is 5.32 Å². The molecule has 0 atom stereocenters. The van der Waals surface area contributed by atoms with Crippen molar-refractivity contribution in [2.45, 2.75) is 12.8 Å². The van der Waals surface area contributed by atoms with Gasteiger partial charge in [-0.25, -0.2) is 0 Å². The summed E-state index contributed by atoms with van der Waals surface area (Å²) in [5, 5.41) is 4.24. The lowest BCUT2D eigenvalue weighted by atomic mass is 10.2. The Bertz CT molecular complexity index is 437. The van der Waals surface area contributed by atoms with Crippen molar-refractivity contribution in [3.05, 3.63) is 34.9 Å². The second kappa shape index (κ2) is 8.16. The number of benzene rings is 1. The van der Waals surface area contributed by atoms with Crippen molar-refractivity contribution < 1.29 is 4.79 Å². The fourth-order valence-electron chi connectivity index (χ4n) is 1.17. The first-order valence-electron chi connectivity index (χ1n) is 5.29. The minimum Gasteiger partial charge on any atom is -0.345 e. The standard InChI is InChI=1S/C13H13BrClNO/c14-8-2-7-13(17)16-9-3-5-11-4-1-6-12(15)10-11/h1,4,6,10H,2,7-9H2,(H,16,17). The van der Waals surface area contributed by atoms with Gasteiger partial charge in [0.15, 0.2) is 0 Å². The summed E-state index contributed by atoms with van der Waals surface area (Å²) in [6.45, 7) is 0.369. The van der Waals surface area contributed by atoms with Gasteiger partial charge in [0, 0.05) is 22.3 Å². The summed E-state index contributed by atoms with van der Waals surface area (Å²) in [4.78, 5) is 11.2. The van der Waals surface area contributed by atoms with Crippen LogP contribution in [-0.4, -0.2) is 17.8 Å². The van der Waals surface area contributed by atoms with Gasteiger partial charge in [0.1, 0.15) is 0 Å². The van der Waals surface area contributed by atoms with E-state index in [1.165, 1.54) is 0 Å². The number of carbonyl (C=O) groups excluding carboxylic acids is 1. The molecule has 0 saturated heterocycles. The smallest absolute Gasteiger partial charge is 0.220 e. The van der Waals surface area contributed by atoms with E-state index >= 15 is 0 Å². The van der Waals surface area contributed by atoms with Crippen LogP contribution in [0.4, 0.5) is 0 Å². The van der Waals surface area contributed by atoms with Crippen LogP contribution in [0.2, 0.25) is 5.02 Å². The predicted octanol–water partition coefficient (Wildman–Crippen LogP) is 2.98. The van der Waals surface area contributed by atoms with Gasteiger partial charge in [0.2, 0.25) is 5.91 Å². The van der Waals surface area contributed by atoms with Crippen LogP contribution in [-0.2, 0) is 4.79 Å². The summed E-state index contributed by atoms with van der Waals surface area (Å²) in [6, 6.07) is 7.32. The summed E-state index contributed by atoms with van der Waals surface area (Å²) in [5.74, 6) is 5.85. The van der Waals surface area contributed by atoms with Crippen LogP contribution in [0.5, 0.6) is 0 Å². The number of hydrogen-bond acceptors (Lipinski definition) is 1. The molecule has 1 rings (SSSR count). The molecule has 1 aromatic rings. The molecule has 0 fully saturated rings. The average Bonchev–Trinajstić information content (AvgIpc) is 2.32. The van der Waals surface area contributed by atoms with Gasteiger partial charge in [-0.1, -0.05) is 45.4 Å². The van der Waals surface area contributed by atoms with Crippen molar-refractivity contribution in [2.75, 3.05) is 11.9 Å². The summed E-state index contributed by atoms with van der Waals surface area (Å²) >= 11 is 9.10. The van der Waals surface area contributed by atoms with E-state index in [0.29, 0.717) is 18.0 Å².